The predicted octanol–water partition coefficient (Wildman–Crippen LogP) is 6.48. The van der Waals surface area contributed by atoms with Crippen LogP contribution in [0.1, 0.15) is 68.3 Å². The minimum absolute atomic E-state index is 0.00183. The Labute approximate surface area is 198 Å². The maximum atomic E-state index is 13.0. The molecular formula is C27H31N3O2S. The Morgan fingerprint density at radius 1 is 1.21 bits per heavy atom. The van der Waals surface area contributed by atoms with Crippen molar-refractivity contribution in [3.8, 4) is 11.1 Å². The molecule has 0 saturated carbocycles. The van der Waals surface area contributed by atoms with Gasteiger partial charge in [-0.15, -0.1) is 11.3 Å². The largest absolute Gasteiger partial charge is 0.360 e. The molecule has 0 saturated heterocycles. The summed E-state index contributed by atoms with van der Waals surface area (Å²) in [6, 6.07) is 6.47. The van der Waals surface area contributed by atoms with Crippen LogP contribution in [0.4, 0.5) is 0 Å². The van der Waals surface area contributed by atoms with Crippen LogP contribution >= 0.6 is 11.3 Å². The number of rotatable bonds is 4. The molecule has 0 radical (unpaired) electrons. The van der Waals surface area contributed by atoms with E-state index in [2.05, 4.69) is 23.3 Å². The normalized spacial score (nSPS) is 15.2. The van der Waals surface area contributed by atoms with Gasteiger partial charge in [0.25, 0.3) is 0 Å². The van der Waals surface area contributed by atoms with E-state index in [9.17, 15) is 4.79 Å². The fourth-order valence-electron chi connectivity index (χ4n) is 5.05. The molecular weight excluding hydrogens is 430 g/mol. The van der Waals surface area contributed by atoms with E-state index >= 15 is 0 Å². The maximum Gasteiger partial charge on any atom is 0.163 e. The van der Waals surface area contributed by atoms with E-state index < -0.39 is 11.7 Å². The topological polar surface area (TPSA) is 57.0 Å². The van der Waals surface area contributed by atoms with Crippen LogP contribution in [0.25, 0.3) is 32.2 Å². The zero-order valence-electron chi connectivity index (χ0n) is 20.3. The van der Waals surface area contributed by atoms with Gasteiger partial charge in [-0.3, -0.25) is 9.48 Å². The molecule has 0 bridgehead atoms. The minimum atomic E-state index is -0.666. The first-order chi connectivity index (χ1) is 15.6. The summed E-state index contributed by atoms with van der Waals surface area (Å²) in [5, 5.41) is 6.73. The van der Waals surface area contributed by atoms with Crippen LogP contribution in [0.15, 0.2) is 24.4 Å². The lowest BCUT2D eigenvalue weighted by molar-refractivity contribution is -0.138. The number of fused-ring (bicyclic) bond motifs is 4. The Kier molecular flexibility index (Phi) is 5.41. The van der Waals surface area contributed by atoms with E-state index in [4.69, 9.17) is 9.72 Å². The molecule has 5 nitrogen and oxygen atoms in total. The lowest BCUT2D eigenvalue weighted by atomic mass is 9.87. The lowest BCUT2D eigenvalue weighted by Gasteiger charge is -2.29. The van der Waals surface area contributed by atoms with Gasteiger partial charge < -0.3 is 4.74 Å². The first-order valence-corrected chi connectivity index (χ1v) is 12.5. The number of Topliss-reactive ketones (excluding diaryl/α,β-unsaturated/α-hetero) is 1. The molecule has 0 unspecified atom stereocenters. The number of hydrogen-bond acceptors (Lipinski definition) is 5. The average Bonchev–Trinajstić information content (AvgIpc) is 3.30. The number of ether oxygens (including phenoxy) is 1. The predicted molar refractivity (Wildman–Crippen MR) is 135 cm³/mol. The van der Waals surface area contributed by atoms with Gasteiger partial charge in [-0.05, 0) is 83.6 Å². The van der Waals surface area contributed by atoms with Gasteiger partial charge in [-0.1, -0.05) is 6.07 Å². The van der Waals surface area contributed by atoms with E-state index in [0.717, 1.165) is 51.0 Å². The quantitative estimate of drug-likeness (QED) is 0.349. The second-order valence-electron chi connectivity index (χ2n) is 10.1. The maximum absolute atomic E-state index is 13.0. The summed E-state index contributed by atoms with van der Waals surface area (Å²) in [5.74, 6) is 0.00183. The highest BCUT2D eigenvalue weighted by Gasteiger charge is 2.32. The number of nitrogens with zero attached hydrogens (tertiary/aromatic N) is 3. The molecule has 1 aliphatic carbocycles. The first kappa shape index (κ1) is 22.2. The number of ketones is 1. The Morgan fingerprint density at radius 3 is 2.70 bits per heavy atom. The zero-order valence-corrected chi connectivity index (χ0v) is 21.1. The standard InChI is InChI=1S/C27H31N3O2S/c1-15-22(25(16(2)31)32-27(3,4)5)23(17-11-12-20-18(13-17)14-28-30(20)6)24-19-9-7-8-10-21(19)33-26(24)29-15/h11-14,25H,7-10H2,1-6H3/t25-/m1/s1. The molecule has 1 aromatic carbocycles. The molecule has 0 amide bonds. The number of benzene rings is 1. The van der Waals surface area contributed by atoms with Crippen LogP contribution in [-0.4, -0.2) is 26.1 Å². The Morgan fingerprint density at radius 2 is 1.97 bits per heavy atom. The summed E-state index contributed by atoms with van der Waals surface area (Å²) >= 11 is 1.82. The second kappa shape index (κ2) is 8.03. The molecule has 6 heteroatoms. The highest BCUT2D eigenvalue weighted by atomic mass is 32.1. The summed E-state index contributed by atoms with van der Waals surface area (Å²) < 4.78 is 8.28. The molecule has 33 heavy (non-hydrogen) atoms. The van der Waals surface area contributed by atoms with E-state index in [1.165, 1.54) is 28.7 Å². The Bertz CT molecular complexity index is 1390. The SMILES string of the molecule is CC(=O)[C@@H](OC(C)(C)C)c1c(C)nc2sc3c(c2c1-c1ccc2c(cnn2C)c1)CCCC3. The van der Waals surface area contributed by atoms with Gasteiger partial charge in [-0.2, -0.15) is 5.10 Å². The summed E-state index contributed by atoms with van der Waals surface area (Å²) in [5.41, 5.74) is 6.00. The molecule has 0 aliphatic heterocycles. The van der Waals surface area contributed by atoms with Gasteiger partial charge in [0.2, 0.25) is 0 Å². The van der Waals surface area contributed by atoms with Gasteiger partial charge in [0.1, 0.15) is 10.9 Å². The fraction of sp³-hybridized carbons (Fsp3) is 0.444. The fourth-order valence-corrected chi connectivity index (χ4v) is 6.37. The highest BCUT2D eigenvalue weighted by Crippen LogP contribution is 2.46. The summed E-state index contributed by atoms with van der Waals surface area (Å²) in [4.78, 5) is 20.5. The molecule has 0 fully saturated rings. The third kappa shape index (κ3) is 3.89. The summed E-state index contributed by atoms with van der Waals surface area (Å²) in [6.07, 6.45) is 5.83. The summed E-state index contributed by atoms with van der Waals surface area (Å²) in [6.45, 7) is 9.63. The number of pyridine rings is 1. The van der Waals surface area contributed by atoms with E-state index in [0.29, 0.717) is 0 Å². The number of hydrogen-bond donors (Lipinski definition) is 0. The van der Waals surface area contributed by atoms with Crippen molar-refractivity contribution in [2.75, 3.05) is 0 Å². The van der Waals surface area contributed by atoms with Crippen molar-refractivity contribution in [1.82, 2.24) is 14.8 Å². The second-order valence-corrected chi connectivity index (χ2v) is 11.2. The Balaban J connectivity index is 1.87. The Hall–Kier alpha value is -2.57. The smallest absolute Gasteiger partial charge is 0.163 e. The van der Waals surface area contributed by atoms with Gasteiger partial charge in [0.15, 0.2) is 5.78 Å². The van der Waals surface area contributed by atoms with Gasteiger partial charge in [0.05, 0.1) is 17.3 Å². The monoisotopic (exact) mass is 461 g/mol. The van der Waals surface area contributed by atoms with Crippen LogP contribution in [0.5, 0.6) is 0 Å². The van der Waals surface area contributed by atoms with Gasteiger partial charge in [0, 0.05) is 39.5 Å². The van der Waals surface area contributed by atoms with Crippen LogP contribution in [0.2, 0.25) is 0 Å². The number of carbonyl (C=O) groups is 1. The van der Waals surface area contributed by atoms with Crippen molar-refractivity contribution < 1.29 is 9.53 Å². The highest BCUT2D eigenvalue weighted by molar-refractivity contribution is 7.19. The van der Waals surface area contributed by atoms with Crippen molar-refractivity contribution in [3.63, 3.8) is 0 Å². The van der Waals surface area contributed by atoms with E-state index in [1.807, 2.05) is 57.0 Å². The van der Waals surface area contributed by atoms with Gasteiger partial charge >= 0.3 is 0 Å². The number of aryl methyl sites for hydroxylation is 4. The molecule has 3 heterocycles. The number of thiophene rings is 1. The van der Waals surface area contributed by atoms with Crippen molar-refractivity contribution >= 4 is 38.2 Å². The van der Waals surface area contributed by atoms with Crippen molar-refractivity contribution in [2.24, 2.45) is 7.05 Å². The van der Waals surface area contributed by atoms with Crippen molar-refractivity contribution in [1.29, 1.82) is 0 Å². The van der Waals surface area contributed by atoms with E-state index in [-0.39, 0.29) is 5.78 Å². The van der Waals surface area contributed by atoms with Crippen molar-refractivity contribution in [3.05, 3.63) is 46.1 Å². The first-order valence-electron chi connectivity index (χ1n) is 11.7. The number of carbonyl (C=O) groups excluding carboxylic acids is 1. The van der Waals surface area contributed by atoms with Crippen LogP contribution < -0.4 is 0 Å². The molecule has 0 spiro atoms. The molecule has 4 aromatic rings. The van der Waals surface area contributed by atoms with E-state index in [1.54, 1.807) is 6.92 Å². The van der Waals surface area contributed by atoms with Crippen LogP contribution in [-0.2, 0) is 29.4 Å². The lowest BCUT2D eigenvalue weighted by Crippen LogP contribution is -2.27. The molecule has 3 aromatic heterocycles. The van der Waals surface area contributed by atoms with Crippen molar-refractivity contribution in [2.45, 2.75) is 72.0 Å². The third-order valence-corrected chi connectivity index (χ3v) is 7.65. The zero-order chi connectivity index (χ0) is 23.5. The minimum Gasteiger partial charge on any atom is -0.360 e. The average molecular weight is 462 g/mol. The molecule has 0 N–H and O–H groups in total. The van der Waals surface area contributed by atoms with Crippen LogP contribution in [0, 0.1) is 6.92 Å². The molecule has 1 atom stereocenters. The summed E-state index contributed by atoms with van der Waals surface area (Å²) in [7, 11) is 1.96. The molecule has 1 aliphatic rings. The molecule has 5 rings (SSSR count). The number of aromatic nitrogens is 3. The van der Waals surface area contributed by atoms with Gasteiger partial charge in [-0.25, -0.2) is 4.98 Å². The van der Waals surface area contributed by atoms with Crippen LogP contribution in [0.3, 0.4) is 0 Å². The third-order valence-electron chi connectivity index (χ3n) is 6.47. The molecule has 172 valence electrons.